The number of amides is 1. The van der Waals surface area contributed by atoms with Gasteiger partial charge in [0.2, 0.25) is 0 Å². The smallest absolute Gasteiger partial charge is 0.341 e. The molecule has 0 fully saturated rings. The van der Waals surface area contributed by atoms with Gasteiger partial charge >= 0.3 is 6.18 Å². The highest BCUT2D eigenvalue weighted by atomic mass is 19.4. The molecule has 0 bridgehead atoms. The number of nitrogens with zero attached hydrogens (tertiary/aromatic N) is 1. The van der Waals surface area contributed by atoms with Gasteiger partial charge in [0.15, 0.2) is 0 Å². The van der Waals surface area contributed by atoms with E-state index in [9.17, 15) is 18.0 Å². The van der Waals surface area contributed by atoms with Crippen LogP contribution in [0.1, 0.15) is 21.5 Å². The summed E-state index contributed by atoms with van der Waals surface area (Å²) >= 11 is 0. The molecule has 5 heteroatoms. The van der Waals surface area contributed by atoms with Crippen LogP contribution in [0.5, 0.6) is 0 Å². The Hall–Kier alpha value is -1.52. The van der Waals surface area contributed by atoms with Gasteiger partial charge in [-0.05, 0) is 24.1 Å². The third-order valence-corrected chi connectivity index (χ3v) is 2.76. The molecule has 1 aromatic carbocycles. The topological polar surface area (TPSA) is 20.3 Å². The average Bonchev–Trinajstić information content (AvgIpc) is 2.21. The zero-order valence-corrected chi connectivity index (χ0v) is 8.64. The molecule has 0 N–H and O–H groups in total. The molecule has 2 rings (SSSR count). The van der Waals surface area contributed by atoms with Gasteiger partial charge in [-0.2, -0.15) is 13.2 Å². The van der Waals surface area contributed by atoms with Crippen molar-refractivity contribution in [2.45, 2.75) is 12.6 Å². The first-order valence-corrected chi connectivity index (χ1v) is 4.86. The van der Waals surface area contributed by atoms with Crippen LogP contribution in [0.25, 0.3) is 0 Å². The molecule has 16 heavy (non-hydrogen) atoms. The van der Waals surface area contributed by atoms with Crippen LogP contribution in [0.2, 0.25) is 0 Å². The molecular formula is C11H10F3NO. The van der Waals surface area contributed by atoms with Gasteiger partial charge < -0.3 is 4.90 Å². The number of halogens is 3. The fourth-order valence-electron chi connectivity index (χ4n) is 1.91. The number of carbonyl (C=O) groups excluding carboxylic acids is 1. The maximum atomic E-state index is 12.7. The van der Waals surface area contributed by atoms with Crippen LogP contribution >= 0.6 is 0 Å². The van der Waals surface area contributed by atoms with Gasteiger partial charge in [-0.25, -0.2) is 0 Å². The van der Waals surface area contributed by atoms with Crippen LogP contribution in [0, 0.1) is 0 Å². The number of likely N-dealkylation sites (N-methyl/N-ethyl adjacent to an activating group) is 1. The van der Waals surface area contributed by atoms with E-state index in [-0.39, 0.29) is 23.5 Å². The average molecular weight is 229 g/mol. The Morgan fingerprint density at radius 3 is 2.62 bits per heavy atom. The molecule has 2 nitrogen and oxygen atoms in total. The lowest BCUT2D eigenvalue weighted by Gasteiger charge is -2.26. The molecule has 0 unspecified atom stereocenters. The Bertz CT molecular complexity index is 439. The standard InChI is InChI=1S/C11H10F3NO/c1-15-6-5-7-8(10(15)16)3-2-4-9(7)11(12,13)14/h2-4H,5-6H2,1H3. The summed E-state index contributed by atoms with van der Waals surface area (Å²) in [6.07, 6.45) is -4.13. The van der Waals surface area contributed by atoms with E-state index in [1.165, 1.54) is 17.0 Å². The molecule has 1 heterocycles. The van der Waals surface area contributed by atoms with Gasteiger partial charge in [-0.15, -0.1) is 0 Å². The highest BCUT2D eigenvalue weighted by Crippen LogP contribution is 2.35. The van der Waals surface area contributed by atoms with Gasteiger partial charge in [-0.3, -0.25) is 4.79 Å². The number of hydrogen-bond acceptors (Lipinski definition) is 1. The molecule has 0 saturated carbocycles. The van der Waals surface area contributed by atoms with Gasteiger partial charge in [0.25, 0.3) is 5.91 Å². The van der Waals surface area contributed by atoms with E-state index in [2.05, 4.69) is 0 Å². The Labute approximate surface area is 90.7 Å². The van der Waals surface area contributed by atoms with Crippen molar-refractivity contribution in [1.29, 1.82) is 0 Å². The summed E-state index contributed by atoms with van der Waals surface area (Å²) in [6, 6.07) is 3.75. The van der Waals surface area contributed by atoms with Crippen molar-refractivity contribution in [3.8, 4) is 0 Å². The summed E-state index contributed by atoms with van der Waals surface area (Å²) in [6.45, 7) is 0.332. The molecule has 0 spiro atoms. The largest absolute Gasteiger partial charge is 0.416 e. The molecular weight excluding hydrogens is 219 g/mol. The number of carbonyl (C=O) groups is 1. The lowest BCUT2D eigenvalue weighted by molar-refractivity contribution is -0.138. The number of hydrogen-bond donors (Lipinski definition) is 0. The monoisotopic (exact) mass is 229 g/mol. The predicted molar refractivity (Wildman–Crippen MR) is 52.1 cm³/mol. The number of rotatable bonds is 0. The van der Waals surface area contributed by atoms with Crippen molar-refractivity contribution >= 4 is 5.91 Å². The van der Waals surface area contributed by atoms with Crippen LogP contribution in [0.15, 0.2) is 18.2 Å². The van der Waals surface area contributed by atoms with E-state index in [4.69, 9.17) is 0 Å². The summed E-state index contributed by atoms with van der Waals surface area (Å²) in [5, 5.41) is 0. The zero-order valence-electron chi connectivity index (χ0n) is 8.64. The molecule has 0 atom stereocenters. The Balaban J connectivity index is 2.58. The number of fused-ring (bicyclic) bond motifs is 1. The van der Waals surface area contributed by atoms with E-state index in [1.54, 1.807) is 7.05 Å². The normalized spacial score (nSPS) is 16.2. The van der Waals surface area contributed by atoms with Crippen LogP contribution in [-0.2, 0) is 12.6 Å². The summed E-state index contributed by atoms with van der Waals surface area (Å²) < 4.78 is 38.0. The highest BCUT2D eigenvalue weighted by molar-refractivity contribution is 5.97. The molecule has 1 aromatic rings. The van der Waals surface area contributed by atoms with Crippen molar-refractivity contribution in [3.63, 3.8) is 0 Å². The van der Waals surface area contributed by atoms with Gasteiger partial charge in [-0.1, -0.05) is 6.07 Å². The minimum absolute atomic E-state index is 0.123. The van der Waals surface area contributed by atoms with Gasteiger partial charge in [0.1, 0.15) is 0 Å². The summed E-state index contributed by atoms with van der Waals surface area (Å²) in [5.41, 5.74) is -0.395. The van der Waals surface area contributed by atoms with E-state index >= 15 is 0 Å². The van der Waals surface area contributed by atoms with E-state index in [0.717, 1.165) is 6.07 Å². The zero-order chi connectivity index (χ0) is 11.9. The predicted octanol–water partition coefficient (Wildman–Crippen LogP) is 2.33. The van der Waals surface area contributed by atoms with Crippen molar-refractivity contribution in [1.82, 2.24) is 4.90 Å². The second-order valence-corrected chi connectivity index (χ2v) is 3.81. The summed E-state index contributed by atoms with van der Waals surface area (Å²) in [7, 11) is 1.59. The van der Waals surface area contributed by atoms with E-state index in [1.807, 2.05) is 0 Å². The Kier molecular flexibility index (Phi) is 2.40. The number of benzene rings is 1. The summed E-state index contributed by atoms with van der Waals surface area (Å²) in [4.78, 5) is 13.1. The van der Waals surface area contributed by atoms with Crippen molar-refractivity contribution in [3.05, 3.63) is 34.9 Å². The van der Waals surface area contributed by atoms with Crippen LogP contribution in [-0.4, -0.2) is 24.4 Å². The lowest BCUT2D eigenvalue weighted by atomic mass is 9.94. The fraction of sp³-hybridized carbons (Fsp3) is 0.364. The number of alkyl halides is 3. The Morgan fingerprint density at radius 1 is 1.31 bits per heavy atom. The van der Waals surface area contributed by atoms with Crippen LogP contribution in [0.4, 0.5) is 13.2 Å². The SMILES string of the molecule is CN1CCc2c(cccc2C(F)(F)F)C1=O. The van der Waals surface area contributed by atoms with E-state index < -0.39 is 11.7 Å². The first kappa shape index (κ1) is 11.0. The molecule has 0 aromatic heterocycles. The minimum Gasteiger partial charge on any atom is -0.341 e. The maximum Gasteiger partial charge on any atom is 0.416 e. The first-order chi connectivity index (χ1) is 7.41. The van der Waals surface area contributed by atoms with Crippen molar-refractivity contribution in [2.24, 2.45) is 0 Å². The second kappa shape index (κ2) is 3.50. The molecule has 1 aliphatic heterocycles. The van der Waals surface area contributed by atoms with E-state index in [0.29, 0.717) is 6.54 Å². The van der Waals surface area contributed by atoms with Gasteiger partial charge in [0.05, 0.1) is 5.56 Å². The minimum atomic E-state index is -4.39. The molecule has 0 saturated heterocycles. The van der Waals surface area contributed by atoms with Crippen molar-refractivity contribution < 1.29 is 18.0 Å². The highest BCUT2D eigenvalue weighted by Gasteiger charge is 2.36. The van der Waals surface area contributed by atoms with Crippen molar-refractivity contribution in [2.75, 3.05) is 13.6 Å². The maximum absolute atomic E-state index is 12.7. The molecule has 1 aliphatic rings. The molecule has 1 amide bonds. The fourth-order valence-corrected chi connectivity index (χ4v) is 1.91. The lowest BCUT2D eigenvalue weighted by Crippen LogP contribution is -2.35. The molecule has 86 valence electrons. The Morgan fingerprint density at radius 2 is 2.00 bits per heavy atom. The van der Waals surface area contributed by atoms with Gasteiger partial charge in [0, 0.05) is 19.2 Å². The quantitative estimate of drug-likeness (QED) is 0.668. The molecule has 0 aliphatic carbocycles. The second-order valence-electron chi connectivity index (χ2n) is 3.81. The van der Waals surface area contributed by atoms with Crippen LogP contribution < -0.4 is 0 Å². The third kappa shape index (κ3) is 1.66. The first-order valence-electron chi connectivity index (χ1n) is 4.86. The third-order valence-electron chi connectivity index (χ3n) is 2.76. The molecule has 0 radical (unpaired) electrons. The summed E-state index contributed by atoms with van der Waals surface area (Å²) in [5.74, 6) is -0.340. The van der Waals surface area contributed by atoms with Crippen LogP contribution in [0.3, 0.4) is 0 Å².